The molecule has 0 amide bonds. The maximum Gasteiger partial charge on any atom is 0.225 e. The first kappa shape index (κ1) is 18.5. The molecule has 0 spiro atoms. The van der Waals surface area contributed by atoms with Gasteiger partial charge in [0.05, 0.1) is 5.69 Å². The quantitative estimate of drug-likeness (QED) is 0.586. The molecule has 2 aromatic carbocycles. The number of rotatable bonds is 5. The fraction of sp³-hybridized carbons (Fsp3) is 0.250. The third kappa shape index (κ3) is 3.47. The van der Waals surface area contributed by atoms with Crippen molar-refractivity contribution in [1.29, 1.82) is 0 Å². The Morgan fingerprint density at radius 3 is 2.42 bits per heavy atom. The molecule has 1 heterocycles. The van der Waals surface area contributed by atoms with Crippen LogP contribution in [0.5, 0.6) is 11.5 Å². The van der Waals surface area contributed by atoms with Crippen LogP contribution in [0.25, 0.3) is 10.9 Å². The summed E-state index contributed by atoms with van der Waals surface area (Å²) in [6.07, 6.45) is 0. The number of hydrogen-bond donors (Lipinski definition) is 0. The van der Waals surface area contributed by atoms with E-state index in [2.05, 4.69) is 4.98 Å². The minimum Gasteiger partial charge on any atom is -0.455 e. The van der Waals surface area contributed by atoms with Gasteiger partial charge in [-0.1, -0.05) is 18.2 Å². The van der Waals surface area contributed by atoms with E-state index in [-0.39, 0.29) is 11.6 Å². The van der Waals surface area contributed by atoms with Crippen molar-refractivity contribution in [2.75, 3.05) is 6.61 Å². The summed E-state index contributed by atoms with van der Waals surface area (Å²) in [5, 5.41) is 1.10. The lowest BCUT2D eigenvalue weighted by atomic mass is 10.2. The summed E-state index contributed by atoms with van der Waals surface area (Å²) in [7, 11) is -2.48. The Kier molecular flexibility index (Phi) is 5.07. The molecule has 0 aliphatic carbocycles. The summed E-state index contributed by atoms with van der Waals surface area (Å²) in [6, 6.07) is 11.2. The number of para-hydroxylation sites is 1. The molecule has 3 nitrogen and oxygen atoms in total. The van der Waals surface area contributed by atoms with E-state index in [1.807, 2.05) is 20.0 Å². The van der Waals surface area contributed by atoms with E-state index in [0.29, 0.717) is 39.9 Å². The molecule has 0 bridgehead atoms. The van der Waals surface area contributed by atoms with Gasteiger partial charge in [0.15, 0.2) is 0 Å². The highest BCUT2D eigenvalue weighted by Gasteiger charge is 2.32. The molecule has 136 valence electrons. The molecule has 0 saturated carbocycles. The number of pyridine rings is 1. The summed E-state index contributed by atoms with van der Waals surface area (Å²) in [5.74, 6) is 0.158. The lowest BCUT2D eigenvalue weighted by molar-refractivity contribution is 0.337. The highest BCUT2D eigenvalue weighted by atomic mass is 28.4. The molecule has 0 fully saturated rings. The summed E-state index contributed by atoms with van der Waals surface area (Å²) in [5.41, 5.74) is 0.828. The molecule has 26 heavy (non-hydrogen) atoms. The fourth-order valence-electron chi connectivity index (χ4n) is 3.06. The predicted octanol–water partition coefficient (Wildman–Crippen LogP) is 5.06. The molecule has 0 unspecified atom stereocenters. The number of hydrogen-bond acceptors (Lipinski definition) is 3. The van der Waals surface area contributed by atoms with E-state index < -0.39 is 8.32 Å². The van der Waals surface area contributed by atoms with Crippen LogP contribution in [0, 0.1) is 18.6 Å². The molecule has 0 saturated heterocycles. The number of aryl methyl sites for hydroxylation is 1. The van der Waals surface area contributed by atoms with Crippen LogP contribution in [0.15, 0.2) is 42.5 Å². The first-order valence-corrected chi connectivity index (χ1v) is 11.4. The van der Waals surface area contributed by atoms with Crippen LogP contribution in [0.1, 0.15) is 12.6 Å². The van der Waals surface area contributed by atoms with Crippen LogP contribution in [0.4, 0.5) is 8.78 Å². The second-order valence-electron chi connectivity index (χ2n) is 6.54. The molecule has 0 radical (unpaired) electrons. The van der Waals surface area contributed by atoms with Crippen molar-refractivity contribution >= 4 is 24.4 Å². The number of nitrogens with zero attached hydrogens (tertiary/aromatic N) is 1. The minimum absolute atomic E-state index is 0.292. The number of ether oxygens (including phenoxy) is 1. The molecule has 3 rings (SSSR count). The predicted molar refractivity (Wildman–Crippen MR) is 102 cm³/mol. The highest BCUT2D eigenvalue weighted by molar-refractivity contribution is 6.85. The summed E-state index contributed by atoms with van der Waals surface area (Å²) in [6.45, 7) is 8.00. The van der Waals surface area contributed by atoms with E-state index in [4.69, 9.17) is 9.16 Å². The van der Waals surface area contributed by atoms with Gasteiger partial charge < -0.3 is 9.16 Å². The summed E-state index contributed by atoms with van der Waals surface area (Å²) in [4.78, 5) is 4.31. The molecule has 3 aromatic rings. The average Bonchev–Trinajstić information content (AvgIpc) is 2.56. The molecule has 0 aliphatic rings. The minimum atomic E-state index is -2.48. The Balaban J connectivity index is 2.09. The normalized spacial score (nSPS) is 11.8. The molecular weight excluding hydrogens is 352 g/mol. The maximum atomic E-state index is 14.6. The molecule has 6 heteroatoms. The van der Waals surface area contributed by atoms with Gasteiger partial charge in [-0.15, -0.1) is 0 Å². The third-order valence-electron chi connectivity index (χ3n) is 4.24. The zero-order valence-corrected chi connectivity index (χ0v) is 16.3. The Morgan fingerprint density at radius 2 is 1.69 bits per heavy atom. The van der Waals surface area contributed by atoms with Crippen LogP contribution in [0.3, 0.4) is 0 Å². The maximum absolute atomic E-state index is 14.6. The average molecular weight is 373 g/mol. The van der Waals surface area contributed by atoms with E-state index in [1.54, 1.807) is 37.3 Å². The van der Waals surface area contributed by atoms with Gasteiger partial charge in [0.1, 0.15) is 28.7 Å². The number of benzene rings is 2. The van der Waals surface area contributed by atoms with Crippen molar-refractivity contribution < 1.29 is 17.9 Å². The Bertz CT molecular complexity index is 960. The Labute approximate surface area is 152 Å². The smallest absolute Gasteiger partial charge is 0.225 e. The second-order valence-corrected chi connectivity index (χ2v) is 10.4. The zero-order valence-electron chi connectivity index (χ0n) is 15.3. The molecule has 0 N–H and O–H groups in total. The SMILES string of the molecule is CCO[Si](C)(C)c1c(F)cccc1Oc1cc2cccc(F)c2nc1C. The zero-order chi connectivity index (χ0) is 18.9. The first-order chi connectivity index (χ1) is 12.3. The Hall–Kier alpha value is -2.31. The van der Waals surface area contributed by atoms with Crippen LogP contribution in [0.2, 0.25) is 13.1 Å². The second kappa shape index (κ2) is 7.13. The van der Waals surface area contributed by atoms with Gasteiger partial charge in [0.25, 0.3) is 0 Å². The van der Waals surface area contributed by atoms with Gasteiger partial charge in [-0.2, -0.15) is 0 Å². The Morgan fingerprint density at radius 1 is 1.00 bits per heavy atom. The van der Waals surface area contributed by atoms with Crippen molar-refractivity contribution in [3.8, 4) is 11.5 Å². The van der Waals surface area contributed by atoms with E-state index >= 15 is 0 Å². The van der Waals surface area contributed by atoms with Gasteiger partial charge in [0.2, 0.25) is 8.32 Å². The van der Waals surface area contributed by atoms with Gasteiger partial charge in [-0.25, -0.2) is 13.8 Å². The standard InChI is InChI=1S/C20H21F2NO2Si/c1-5-24-26(3,4)20-16(22)10-7-11-17(20)25-18-12-14-8-6-9-15(21)19(14)23-13(18)2/h6-12H,5H2,1-4H3. The van der Waals surface area contributed by atoms with E-state index in [0.717, 1.165) is 0 Å². The molecule has 0 aliphatic heterocycles. The summed E-state index contributed by atoms with van der Waals surface area (Å²) < 4.78 is 40.4. The van der Waals surface area contributed by atoms with Crippen LogP contribution >= 0.6 is 0 Å². The van der Waals surface area contributed by atoms with Gasteiger partial charge in [-0.3, -0.25) is 0 Å². The topological polar surface area (TPSA) is 31.4 Å². The van der Waals surface area contributed by atoms with Crippen molar-refractivity contribution in [1.82, 2.24) is 4.98 Å². The summed E-state index contributed by atoms with van der Waals surface area (Å²) >= 11 is 0. The molecule has 0 atom stereocenters. The van der Waals surface area contributed by atoms with Crippen molar-refractivity contribution in [2.24, 2.45) is 0 Å². The van der Waals surface area contributed by atoms with Crippen LogP contribution in [-0.4, -0.2) is 19.9 Å². The van der Waals surface area contributed by atoms with Gasteiger partial charge in [0, 0.05) is 17.2 Å². The largest absolute Gasteiger partial charge is 0.455 e. The monoisotopic (exact) mass is 373 g/mol. The van der Waals surface area contributed by atoms with Gasteiger partial charge >= 0.3 is 0 Å². The first-order valence-electron chi connectivity index (χ1n) is 8.50. The van der Waals surface area contributed by atoms with Crippen molar-refractivity contribution in [2.45, 2.75) is 26.9 Å². The number of aromatic nitrogens is 1. The number of fused-ring (bicyclic) bond motifs is 1. The fourth-order valence-corrected chi connectivity index (χ4v) is 5.32. The lowest BCUT2D eigenvalue weighted by Crippen LogP contribution is -2.47. The van der Waals surface area contributed by atoms with Crippen LogP contribution in [-0.2, 0) is 4.43 Å². The van der Waals surface area contributed by atoms with E-state index in [1.165, 1.54) is 12.1 Å². The van der Waals surface area contributed by atoms with Crippen molar-refractivity contribution in [3.63, 3.8) is 0 Å². The number of halogens is 2. The van der Waals surface area contributed by atoms with Crippen molar-refractivity contribution in [3.05, 3.63) is 59.8 Å². The molecule has 1 aromatic heterocycles. The third-order valence-corrected chi connectivity index (χ3v) is 6.94. The van der Waals surface area contributed by atoms with Crippen LogP contribution < -0.4 is 9.92 Å². The highest BCUT2D eigenvalue weighted by Crippen LogP contribution is 2.29. The molecular formula is C20H21F2NO2Si. The lowest BCUT2D eigenvalue weighted by Gasteiger charge is -2.25. The van der Waals surface area contributed by atoms with Gasteiger partial charge in [-0.05, 0) is 51.2 Å². The van der Waals surface area contributed by atoms with E-state index in [9.17, 15) is 8.78 Å².